The number of benzene rings is 2. The molecule has 21 heavy (non-hydrogen) atoms. The van der Waals surface area contributed by atoms with Gasteiger partial charge in [-0.3, -0.25) is 4.79 Å². The Morgan fingerprint density at radius 1 is 1.14 bits per heavy atom. The maximum Gasteiger partial charge on any atom is 0.315 e. The molecule has 0 aliphatic carbocycles. The summed E-state index contributed by atoms with van der Waals surface area (Å²) in [5, 5.41) is 9.69. The lowest BCUT2D eigenvalue weighted by atomic mass is 9.75. The minimum absolute atomic E-state index is 0.0537. The van der Waals surface area contributed by atoms with Crippen LogP contribution in [0, 0.1) is 12.7 Å². The molecule has 0 saturated carbocycles. The first-order chi connectivity index (χ1) is 9.98. The predicted octanol–water partition coefficient (Wildman–Crippen LogP) is 2.66. The average Bonchev–Trinajstić information content (AvgIpc) is 2.47. The molecule has 3 nitrogen and oxygen atoms in total. The molecule has 2 rings (SSSR count). The van der Waals surface area contributed by atoms with Gasteiger partial charge in [-0.2, -0.15) is 0 Å². The van der Waals surface area contributed by atoms with Crippen molar-refractivity contribution in [3.63, 3.8) is 0 Å². The number of carbonyl (C=O) groups is 1. The van der Waals surface area contributed by atoms with Gasteiger partial charge in [0.05, 0.1) is 0 Å². The monoisotopic (exact) mass is 287 g/mol. The predicted molar refractivity (Wildman–Crippen MR) is 79.7 cm³/mol. The van der Waals surface area contributed by atoms with Crippen molar-refractivity contribution in [1.29, 1.82) is 0 Å². The minimum Gasteiger partial charge on any atom is -0.481 e. The lowest BCUT2D eigenvalue weighted by molar-refractivity contribution is -0.143. The lowest BCUT2D eigenvalue weighted by Gasteiger charge is -2.28. The normalized spacial score (nSPS) is 13.7. The Balaban J connectivity index is 2.44. The van der Waals surface area contributed by atoms with E-state index in [1.807, 2.05) is 31.2 Å². The van der Waals surface area contributed by atoms with Gasteiger partial charge in [0.2, 0.25) is 0 Å². The summed E-state index contributed by atoms with van der Waals surface area (Å²) in [5.41, 5.74) is 7.04. The largest absolute Gasteiger partial charge is 0.481 e. The number of halogens is 1. The molecule has 0 saturated heterocycles. The van der Waals surface area contributed by atoms with Crippen LogP contribution in [-0.2, 0) is 16.6 Å². The number of aryl methyl sites for hydroxylation is 1. The summed E-state index contributed by atoms with van der Waals surface area (Å²) in [6, 6.07) is 13.2. The molecule has 2 aromatic rings. The van der Waals surface area contributed by atoms with Crippen LogP contribution >= 0.6 is 0 Å². The standard InChI is InChI=1S/C17H18FNO2/c1-12-2-4-13(5-3-12)10-17(11-19,16(20)21)14-6-8-15(18)9-7-14/h2-9H,10-11,19H2,1H3,(H,20,21). The third kappa shape index (κ3) is 3.11. The van der Waals surface area contributed by atoms with E-state index in [1.165, 1.54) is 24.3 Å². The summed E-state index contributed by atoms with van der Waals surface area (Å²) in [7, 11) is 0. The first kappa shape index (κ1) is 15.2. The van der Waals surface area contributed by atoms with Crippen LogP contribution in [0.5, 0.6) is 0 Å². The van der Waals surface area contributed by atoms with Gasteiger partial charge in [0, 0.05) is 6.54 Å². The van der Waals surface area contributed by atoms with Crippen molar-refractivity contribution in [1.82, 2.24) is 0 Å². The van der Waals surface area contributed by atoms with Gasteiger partial charge in [-0.15, -0.1) is 0 Å². The second kappa shape index (κ2) is 6.06. The lowest BCUT2D eigenvalue weighted by Crippen LogP contribution is -2.45. The van der Waals surface area contributed by atoms with Crippen molar-refractivity contribution in [2.75, 3.05) is 6.54 Å². The van der Waals surface area contributed by atoms with Crippen molar-refractivity contribution in [2.24, 2.45) is 5.73 Å². The molecule has 0 aliphatic rings. The molecule has 0 aromatic heterocycles. The molecule has 4 heteroatoms. The number of carboxylic acid groups (broad SMARTS) is 1. The number of nitrogens with two attached hydrogens (primary N) is 1. The zero-order valence-corrected chi connectivity index (χ0v) is 11.8. The summed E-state index contributed by atoms with van der Waals surface area (Å²) in [4.78, 5) is 11.8. The van der Waals surface area contributed by atoms with E-state index in [0.717, 1.165) is 11.1 Å². The third-order valence-corrected chi connectivity index (χ3v) is 3.78. The van der Waals surface area contributed by atoms with Gasteiger partial charge in [-0.25, -0.2) is 4.39 Å². The maximum atomic E-state index is 13.1. The average molecular weight is 287 g/mol. The van der Waals surface area contributed by atoms with Crippen LogP contribution in [0.4, 0.5) is 4.39 Å². The Kier molecular flexibility index (Phi) is 4.38. The highest BCUT2D eigenvalue weighted by atomic mass is 19.1. The number of carboxylic acids is 1. The molecule has 0 radical (unpaired) electrons. The molecule has 1 atom stereocenters. The highest BCUT2D eigenvalue weighted by molar-refractivity contribution is 5.82. The van der Waals surface area contributed by atoms with Gasteiger partial charge in [0.25, 0.3) is 0 Å². The topological polar surface area (TPSA) is 63.3 Å². The molecule has 0 aliphatic heterocycles. The smallest absolute Gasteiger partial charge is 0.315 e. The zero-order chi connectivity index (χ0) is 15.5. The van der Waals surface area contributed by atoms with Crippen LogP contribution in [0.25, 0.3) is 0 Å². The number of aliphatic carboxylic acids is 1. The van der Waals surface area contributed by atoms with E-state index in [4.69, 9.17) is 5.73 Å². The van der Waals surface area contributed by atoms with Gasteiger partial charge in [-0.1, -0.05) is 42.0 Å². The van der Waals surface area contributed by atoms with Gasteiger partial charge >= 0.3 is 5.97 Å². The van der Waals surface area contributed by atoms with Crippen molar-refractivity contribution in [3.8, 4) is 0 Å². The van der Waals surface area contributed by atoms with Gasteiger partial charge < -0.3 is 10.8 Å². The molecule has 3 N–H and O–H groups in total. The minimum atomic E-state index is -1.25. The van der Waals surface area contributed by atoms with Crippen LogP contribution in [0.1, 0.15) is 16.7 Å². The summed E-state index contributed by atoms with van der Waals surface area (Å²) in [6.45, 7) is 1.92. The molecule has 2 aromatic carbocycles. The summed E-state index contributed by atoms with van der Waals surface area (Å²) in [5.74, 6) is -1.40. The number of hydrogen-bond acceptors (Lipinski definition) is 2. The van der Waals surface area contributed by atoms with Crippen LogP contribution in [0.3, 0.4) is 0 Å². The van der Waals surface area contributed by atoms with Crippen LogP contribution in [-0.4, -0.2) is 17.6 Å². The molecule has 0 bridgehead atoms. The molecule has 0 heterocycles. The Morgan fingerprint density at radius 3 is 2.19 bits per heavy atom. The van der Waals surface area contributed by atoms with Crippen LogP contribution < -0.4 is 5.73 Å². The fourth-order valence-electron chi connectivity index (χ4n) is 2.40. The zero-order valence-electron chi connectivity index (χ0n) is 11.8. The number of rotatable bonds is 5. The molecular formula is C17H18FNO2. The Labute approximate surface area is 123 Å². The van der Waals surface area contributed by atoms with Crippen molar-refractivity contribution in [2.45, 2.75) is 18.8 Å². The highest BCUT2D eigenvalue weighted by Crippen LogP contribution is 2.28. The van der Waals surface area contributed by atoms with E-state index in [2.05, 4.69) is 0 Å². The Hall–Kier alpha value is -2.20. The highest BCUT2D eigenvalue weighted by Gasteiger charge is 2.39. The maximum absolute atomic E-state index is 13.1. The van der Waals surface area contributed by atoms with E-state index < -0.39 is 17.2 Å². The van der Waals surface area contributed by atoms with Crippen LogP contribution in [0.2, 0.25) is 0 Å². The third-order valence-electron chi connectivity index (χ3n) is 3.78. The molecular weight excluding hydrogens is 269 g/mol. The fourth-order valence-corrected chi connectivity index (χ4v) is 2.40. The molecule has 0 fully saturated rings. The molecule has 110 valence electrons. The van der Waals surface area contributed by atoms with E-state index in [1.54, 1.807) is 0 Å². The van der Waals surface area contributed by atoms with Crippen molar-refractivity contribution < 1.29 is 14.3 Å². The summed E-state index contributed by atoms with van der Waals surface area (Å²) < 4.78 is 13.1. The second-order valence-electron chi connectivity index (χ2n) is 5.26. The fraction of sp³-hybridized carbons (Fsp3) is 0.235. The first-order valence-electron chi connectivity index (χ1n) is 6.73. The summed E-state index contributed by atoms with van der Waals surface area (Å²) in [6.07, 6.45) is 0.269. The van der Waals surface area contributed by atoms with Gasteiger partial charge in [0.15, 0.2) is 0 Å². The Morgan fingerprint density at radius 2 is 1.71 bits per heavy atom. The van der Waals surface area contributed by atoms with Crippen LogP contribution in [0.15, 0.2) is 48.5 Å². The molecule has 0 spiro atoms. The number of hydrogen-bond donors (Lipinski definition) is 2. The first-order valence-corrected chi connectivity index (χ1v) is 6.73. The summed E-state index contributed by atoms with van der Waals surface area (Å²) >= 11 is 0. The van der Waals surface area contributed by atoms with Crippen molar-refractivity contribution in [3.05, 3.63) is 71.0 Å². The van der Waals surface area contributed by atoms with E-state index >= 15 is 0 Å². The van der Waals surface area contributed by atoms with Crippen molar-refractivity contribution >= 4 is 5.97 Å². The van der Waals surface area contributed by atoms with E-state index in [0.29, 0.717) is 5.56 Å². The molecule has 0 amide bonds. The quantitative estimate of drug-likeness (QED) is 0.888. The SMILES string of the molecule is Cc1ccc(CC(CN)(C(=O)O)c2ccc(F)cc2)cc1. The Bertz CT molecular complexity index is 622. The van der Waals surface area contributed by atoms with E-state index in [-0.39, 0.29) is 13.0 Å². The van der Waals surface area contributed by atoms with Gasteiger partial charge in [-0.05, 0) is 36.6 Å². The molecule has 1 unspecified atom stereocenters. The van der Waals surface area contributed by atoms with E-state index in [9.17, 15) is 14.3 Å². The second-order valence-corrected chi connectivity index (χ2v) is 5.26. The van der Waals surface area contributed by atoms with Gasteiger partial charge in [0.1, 0.15) is 11.2 Å².